The monoisotopic (exact) mass is 374 g/mol. The molecule has 3 aromatic rings. The third-order valence-electron chi connectivity index (χ3n) is 3.99. The highest BCUT2D eigenvalue weighted by Crippen LogP contribution is 2.34. The number of anilines is 3. The molecule has 0 aliphatic carbocycles. The summed E-state index contributed by atoms with van der Waals surface area (Å²) in [5, 5.41) is 2.78. The Morgan fingerprint density at radius 2 is 1.78 bits per heavy atom. The first kappa shape index (κ1) is 18.5. The zero-order chi connectivity index (χ0) is 19.6. The van der Waals surface area contributed by atoms with Crippen molar-refractivity contribution in [1.82, 2.24) is 9.97 Å². The quantitative estimate of drug-likeness (QED) is 0.654. The lowest BCUT2D eigenvalue weighted by atomic mass is 10.1. The van der Waals surface area contributed by atoms with Gasteiger partial charge in [-0.15, -0.1) is 0 Å². The first-order valence-electron chi connectivity index (χ1n) is 8.04. The third-order valence-corrected chi connectivity index (χ3v) is 3.99. The van der Waals surface area contributed by atoms with Crippen LogP contribution in [0.15, 0.2) is 48.8 Å². The molecule has 3 rings (SSSR count). The zero-order valence-electron chi connectivity index (χ0n) is 14.6. The highest BCUT2D eigenvalue weighted by molar-refractivity contribution is 5.72. The number of ether oxygens (including phenoxy) is 1. The second kappa shape index (κ2) is 7.14. The van der Waals surface area contributed by atoms with Crippen molar-refractivity contribution in [2.75, 3.05) is 11.1 Å². The second-order valence-electron chi connectivity index (χ2n) is 5.99. The Kier molecular flexibility index (Phi) is 4.89. The van der Waals surface area contributed by atoms with Gasteiger partial charge in [0.15, 0.2) is 5.82 Å². The average molecular weight is 374 g/mol. The van der Waals surface area contributed by atoms with Crippen LogP contribution in [0.2, 0.25) is 0 Å². The van der Waals surface area contributed by atoms with Gasteiger partial charge in [0.05, 0.1) is 5.56 Å². The molecule has 1 heterocycles. The van der Waals surface area contributed by atoms with Crippen molar-refractivity contribution in [1.29, 1.82) is 0 Å². The minimum Gasteiger partial charge on any atom is -0.437 e. The maximum absolute atomic E-state index is 12.9. The van der Waals surface area contributed by atoms with Crippen LogP contribution in [0.1, 0.15) is 16.7 Å². The minimum atomic E-state index is -4.44. The van der Waals surface area contributed by atoms with E-state index < -0.39 is 11.7 Å². The van der Waals surface area contributed by atoms with Crippen LogP contribution in [0, 0.1) is 13.8 Å². The molecule has 27 heavy (non-hydrogen) atoms. The van der Waals surface area contributed by atoms with Gasteiger partial charge < -0.3 is 15.8 Å². The van der Waals surface area contributed by atoms with Crippen LogP contribution in [0.3, 0.4) is 0 Å². The Bertz CT molecular complexity index is 973. The van der Waals surface area contributed by atoms with Gasteiger partial charge in [-0.25, -0.2) is 4.98 Å². The molecule has 140 valence electrons. The Hall–Kier alpha value is -3.29. The van der Waals surface area contributed by atoms with Gasteiger partial charge in [-0.1, -0.05) is 12.1 Å². The van der Waals surface area contributed by atoms with E-state index in [2.05, 4.69) is 15.3 Å². The number of rotatable bonds is 4. The van der Waals surface area contributed by atoms with Crippen molar-refractivity contribution in [3.63, 3.8) is 0 Å². The number of aromatic nitrogens is 2. The fourth-order valence-electron chi connectivity index (χ4n) is 2.36. The molecule has 0 aliphatic rings. The van der Waals surface area contributed by atoms with Crippen LogP contribution >= 0.6 is 0 Å². The lowest BCUT2D eigenvalue weighted by Crippen LogP contribution is -2.06. The van der Waals surface area contributed by atoms with Crippen molar-refractivity contribution < 1.29 is 17.9 Å². The van der Waals surface area contributed by atoms with Crippen LogP contribution < -0.4 is 15.8 Å². The largest absolute Gasteiger partial charge is 0.437 e. The molecule has 0 spiro atoms. The van der Waals surface area contributed by atoms with Crippen molar-refractivity contribution in [3.05, 3.63) is 65.5 Å². The summed E-state index contributed by atoms with van der Waals surface area (Å²) in [7, 11) is 0. The molecule has 1 aromatic heterocycles. The van der Waals surface area contributed by atoms with Crippen molar-refractivity contribution in [3.8, 4) is 11.6 Å². The summed E-state index contributed by atoms with van der Waals surface area (Å²) >= 11 is 0. The number of nitrogen functional groups attached to an aromatic ring is 1. The van der Waals surface area contributed by atoms with E-state index in [-0.39, 0.29) is 23.1 Å². The van der Waals surface area contributed by atoms with Crippen LogP contribution in [0.5, 0.6) is 11.6 Å². The Morgan fingerprint density at radius 1 is 1.00 bits per heavy atom. The standard InChI is InChI=1S/C19H17F3N4O/c1-11-6-7-15(8-12(11)2)27-18-16(23)17(24-10-25-18)26-14-5-3-4-13(9-14)19(20,21)22/h3-10H,23H2,1-2H3,(H,24,25,26). The fraction of sp³-hybridized carbons (Fsp3) is 0.158. The van der Waals surface area contributed by atoms with Crippen LogP contribution in [-0.4, -0.2) is 9.97 Å². The van der Waals surface area contributed by atoms with E-state index in [4.69, 9.17) is 10.5 Å². The normalized spacial score (nSPS) is 11.3. The summed E-state index contributed by atoms with van der Waals surface area (Å²) < 4.78 is 44.3. The van der Waals surface area contributed by atoms with Gasteiger partial charge in [-0.2, -0.15) is 18.2 Å². The molecular weight excluding hydrogens is 357 g/mol. The molecule has 0 aliphatic heterocycles. The lowest BCUT2D eigenvalue weighted by Gasteiger charge is -2.13. The van der Waals surface area contributed by atoms with Gasteiger partial charge in [0, 0.05) is 5.69 Å². The first-order chi connectivity index (χ1) is 12.7. The molecule has 0 atom stereocenters. The summed E-state index contributed by atoms with van der Waals surface area (Å²) in [5.74, 6) is 0.819. The molecule has 5 nitrogen and oxygen atoms in total. The highest BCUT2D eigenvalue weighted by atomic mass is 19.4. The SMILES string of the molecule is Cc1ccc(Oc2ncnc(Nc3cccc(C(F)(F)F)c3)c2N)cc1C. The first-order valence-corrected chi connectivity index (χ1v) is 8.04. The molecule has 0 fully saturated rings. The summed E-state index contributed by atoms with van der Waals surface area (Å²) in [4.78, 5) is 8.00. The fourth-order valence-corrected chi connectivity index (χ4v) is 2.36. The molecule has 2 aromatic carbocycles. The van der Waals surface area contributed by atoms with Crippen LogP contribution in [0.25, 0.3) is 0 Å². The van der Waals surface area contributed by atoms with E-state index in [0.717, 1.165) is 23.3 Å². The van der Waals surface area contributed by atoms with E-state index in [0.29, 0.717) is 5.75 Å². The van der Waals surface area contributed by atoms with Gasteiger partial charge in [-0.05, 0) is 55.3 Å². The Morgan fingerprint density at radius 3 is 2.48 bits per heavy atom. The van der Waals surface area contributed by atoms with E-state index in [1.165, 1.54) is 18.5 Å². The average Bonchev–Trinajstić information content (AvgIpc) is 2.61. The van der Waals surface area contributed by atoms with Gasteiger partial charge in [0.1, 0.15) is 17.8 Å². The molecule has 0 unspecified atom stereocenters. The summed E-state index contributed by atoms with van der Waals surface area (Å²) in [5.41, 5.74) is 7.72. The highest BCUT2D eigenvalue weighted by Gasteiger charge is 2.30. The van der Waals surface area contributed by atoms with Crippen molar-refractivity contribution in [2.45, 2.75) is 20.0 Å². The zero-order valence-corrected chi connectivity index (χ0v) is 14.6. The van der Waals surface area contributed by atoms with Crippen LogP contribution in [0.4, 0.5) is 30.4 Å². The van der Waals surface area contributed by atoms with Crippen molar-refractivity contribution >= 4 is 17.2 Å². The van der Waals surface area contributed by atoms with E-state index in [1.54, 1.807) is 6.07 Å². The Labute approximate surface area is 154 Å². The third kappa shape index (κ3) is 4.28. The van der Waals surface area contributed by atoms with E-state index >= 15 is 0 Å². The molecule has 3 N–H and O–H groups in total. The topological polar surface area (TPSA) is 73.1 Å². The number of nitrogens with one attached hydrogen (secondary N) is 1. The maximum atomic E-state index is 12.9. The Balaban J connectivity index is 1.86. The van der Waals surface area contributed by atoms with E-state index in [1.807, 2.05) is 26.0 Å². The smallest absolute Gasteiger partial charge is 0.416 e. The number of hydrogen-bond acceptors (Lipinski definition) is 5. The number of halogens is 3. The summed E-state index contributed by atoms with van der Waals surface area (Å²) in [6, 6.07) is 10.3. The predicted molar refractivity (Wildman–Crippen MR) is 97.2 cm³/mol. The van der Waals surface area contributed by atoms with Gasteiger partial charge >= 0.3 is 6.18 Å². The minimum absolute atomic E-state index is 0.0909. The van der Waals surface area contributed by atoms with E-state index in [9.17, 15) is 13.2 Å². The molecule has 0 saturated heterocycles. The number of aryl methyl sites for hydroxylation is 2. The van der Waals surface area contributed by atoms with Crippen LogP contribution in [-0.2, 0) is 6.18 Å². The molecule has 0 amide bonds. The number of nitrogens with zero attached hydrogens (tertiary/aromatic N) is 2. The number of nitrogens with two attached hydrogens (primary N) is 1. The van der Waals surface area contributed by atoms with Crippen molar-refractivity contribution in [2.24, 2.45) is 0 Å². The lowest BCUT2D eigenvalue weighted by molar-refractivity contribution is -0.137. The second-order valence-corrected chi connectivity index (χ2v) is 5.99. The van der Waals surface area contributed by atoms with Gasteiger partial charge in [0.25, 0.3) is 0 Å². The molecule has 8 heteroatoms. The summed E-state index contributed by atoms with van der Waals surface area (Å²) in [6.45, 7) is 3.93. The molecule has 0 saturated carbocycles. The number of hydrogen-bond donors (Lipinski definition) is 2. The maximum Gasteiger partial charge on any atom is 0.416 e. The summed E-state index contributed by atoms with van der Waals surface area (Å²) in [6.07, 6.45) is -3.21. The molecule has 0 radical (unpaired) electrons. The van der Waals surface area contributed by atoms with Gasteiger partial charge in [0.2, 0.25) is 5.88 Å². The number of benzene rings is 2. The molecule has 0 bridgehead atoms. The number of alkyl halides is 3. The molecular formula is C19H17F3N4O. The van der Waals surface area contributed by atoms with Gasteiger partial charge in [-0.3, -0.25) is 0 Å². The predicted octanol–water partition coefficient (Wildman–Crippen LogP) is 5.23.